The molecule has 1 aromatic carbocycles. The minimum atomic E-state index is -0.718. The number of nitrogens with one attached hydrogen (secondary N) is 1. The van der Waals surface area contributed by atoms with Gasteiger partial charge in [-0.25, -0.2) is 8.78 Å². The van der Waals surface area contributed by atoms with E-state index in [2.05, 4.69) is 15.1 Å². The minimum absolute atomic E-state index is 0.120. The van der Waals surface area contributed by atoms with Crippen molar-refractivity contribution in [2.75, 3.05) is 33.7 Å². The Kier molecular flexibility index (Phi) is 4.38. The zero-order chi connectivity index (χ0) is 16.6. The van der Waals surface area contributed by atoms with Crippen LogP contribution in [0.3, 0.4) is 0 Å². The molecule has 126 valence electrons. The van der Waals surface area contributed by atoms with Gasteiger partial charge in [-0.2, -0.15) is 0 Å². The second-order valence-electron chi connectivity index (χ2n) is 6.90. The van der Waals surface area contributed by atoms with Gasteiger partial charge in [0.1, 0.15) is 11.6 Å². The summed E-state index contributed by atoms with van der Waals surface area (Å²) in [6, 6.07) is 3.89. The highest BCUT2D eigenvalue weighted by Crippen LogP contribution is 2.46. The number of hydrogen-bond donors (Lipinski definition) is 1. The fourth-order valence-electron chi connectivity index (χ4n) is 3.34. The molecule has 0 spiro atoms. The summed E-state index contributed by atoms with van der Waals surface area (Å²) in [5, 5.41) is 2.92. The lowest BCUT2D eigenvalue weighted by Crippen LogP contribution is -2.42. The Balaban J connectivity index is 1.61. The minimum Gasteiger partial charge on any atom is -0.345 e. The van der Waals surface area contributed by atoms with Gasteiger partial charge in [0.05, 0.1) is 12.1 Å². The number of carbonyl (C=O) groups is 1. The smallest absolute Gasteiger partial charge is 0.234 e. The Morgan fingerprint density at radius 2 is 2.13 bits per heavy atom. The Hall–Kier alpha value is -1.53. The Bertz CT molecular complexity index is 602. The fourth-order valence-corrected chi connectivity index (χ4v) is 3.34. The van der Waals surface area contributed by atoms with E-state index in [1.807, 2.05) is 14.1 Å². The SMILES string of the molecule is CN(C)[C@H]1CCN(CC(=O)NC2(c3cc(F)ccc3F)CC2)C1. The van der Waals surface area contributed by atoms with Gasteiger partial charge in [0, 0.05) is 24.7 Å². The first-order chi connectivity index (χ1) is 10.9. The third-order valence-corrected chi connectivity index (χ3v) is 4.92. The lowest BCUT2D eigenvalue weighted by molar-refractivity contribution is -0.123. The van der Waals surface area contributed by atoms with E-state index in [1.54, 1.807) is 0 Å². The number of nitrogens with zero attached hydrogens (tertiary/aromatic N) is 2. The van der Waals surface area contributed by atoms with Crippen LogP contribution in [0.4, 0.5) is 8.78 Å². The van der Waals surface area contributed by atoms with E-state index in [4.69, 9.17) is 0 Å². The molecule has 4 nitrogen and oxygen atoms in total. The van der Waals surface area contributed by atoms with Crippen LogP contribution < -0.4 is 5.32 Å². The predicted molar refractivity (Wildman–Crippen MR) is 83.9 cm³/mol. The molecule has 2 fully saturated rings. The van der Waals surface area contributed by atoms with Crippen LogP contribution in [0.5, 0.6) is 0 Å². The summed E-state index contributed by atoms with van der Waals surface area (Å²) in [4.78, 5) is 16.6. The molecular weight excluding hydrogens is 300 g/mol. The third kappa shape index (κ3) is 3.53. The van der Waals surface area contributed by atoms with Crippen LogP contribution in [-0.2, 0) is 10.3 Å². The second kappa shape index (κ2) is 6.17. The van der Waals surface area contributed by atoms with E-state index in [0.29, 0.717) is 25.4 Å². The predicted octanol–water partition coefficient (Wildman–Crippen LogP) is 1.71. The maximum atomic E-state index is 14.0. The van der Waals surface area contributed by atoms with Crippen LogP contribution in [0.15, 0.2) is 18.2 Å². The normalized spacial score (nSPS) is 23.3. The summed E-state index contributed by atoms with van der Waals surface area (Å²) in [6.07, 6.45) is 2.35. The van der Waals surface area contributed by atoms with Crippen LogP contribution in [0.2, 0.25) is 0 Å². The van der Waals surface area contributed by atoms with Crippen molar-refractivity contribution in [3.63, 3.8) is 0 Å². The first-order valence-corrected chi connectivity index (χ1v) is 8.05. The summed E-state index contributed by atoms with van der Waals surface area (Å²) in [5.41, 5.74) is -0.456. The van der Waals surface area contributed by atoms with E-state index in [1.165, 1.54) is 6.07 Å². The van der Waals surface area contributed by atoms with Crippen molar-refractivity contribution < 1.29 is 13.6 Å². The molecule has 2 aliphatic rings. The molecule has 23 heavy (non-hydrogen) atoms. The number of carbonyl (C=O) groups excluding carboxylic acids is 1. The maximum absolute atomic E-state index is 14.0. The molecule has 1 atom stereocenters. The number of benzene rings is 1. The number of likely N-dealkylation sites (tertiary alicyclic amines) is 1. The lowest BCUT2D eigenvalue weighted by Gasteiger charge is -2.22. The Morgan fingerprint density at radius 1 is 1.39 bits per heavy atom. The zero-order valence-corrected chi connectivity index (χ0v) is 13.6. The summed E-state index contributed by atoms with van der Waals surface area (Å²) in [7, 11) is 4.08. The lowest BCUT2D eigenvalue weighted by atomic mass is 10.0. The monoisotopic (exact) mass is 323 g/mol. The number of amides is 1. The van der Waals surface area contributed by atoms with Crippen LogP contribution in [0.25, 0.3) is 0 Å². The van der Waals surface area contributed by atoms with E-state index >= 15 is 0 Å². The van der Waals surface area contributed by atoms with Crippen molar-refractivity contribution in [1.82, 2.24) is 15.1 Å². The van der Waals surface area contributed by atoms with Crippen LogP contribution in [0.1, 0.15) is 24.8 Å². The number of likely N-dealkylation sites (N-methyl/N-ethyl adjacent to an activating group) is 1. The van der Waals surface area contributed by atoms with Crippen molar-refractivity contribution >= 4 is 5.91 Å². The fraction of sp³-hybridized carbons (Fsp3) is 0.588. The van der Waals surface area contributed by atoms with E-state index < -0.39 is 17.2 Å². The third-order valence-electron chi connectivity index (χ3n) is 4.92. The quantitative estimate of drug-likeness (QED) is 0.896. The summed E-state index contributed by atoms with van der Waals surface area (Å²) in [6.45, 7) is 2.06. The number of hydrogen-bond acceptors (Lipinski definition) is 3. The molecule has 0 radical (unpaired) electrons. The van der Waals surface area contributed by atoms with Gasteiger partial charge in [0.15, 0.2) is 0 Å². The highest BCUT2D eigenvalue weighted by atomic mass is 19.1. The number of rotatable bonds is 5. The summed E-state index contributed by atoms with van der Waals surface area (Å²) < 4.78 is 27.4. The molecule has 1 N–H and O–H groups in total. The Labute approximate surface area is 135 Å². The van der Waals surface area contributed by atoms with E-state index in [9.17, 15) is 13.6 Å². The van der Waals surface area contributed by atoms with Gasteiger partial charge in [-0.15, -0.1) is 0 Å². The summed E-state index contributed by atoms with van der Waals surface area (Å²) >= 11 is 0. The molecule has 0 unspecified atom stereocenters. The first-order valence-electron chi connectivity index (χ1n) is 8.05. The standard InChI is InChI=1S/C17H23F2N3O/c1-21(2)13-5-8-22(10-13)11-16(23)20-17(6-7-17)14-9-12(18)3-4-15(14)19/h3-4,9,13H,5-8,10-11H2,1-2H3,(H,20,23)/t13-/m0/s1. The molecule has 1 aromatic rings. The van der Waals surface area contributed by atoms with Crippen molar-refractivity contribution in [3.05, 3.63) is 35.4 Å². The molecule has 1 amide bonds. The Morgan fingerprint density at radius 3 is 2.74 bits per heavy atom. The van der Waals surface area contributed by atoms with Gasteiger partial charge in [-0.3, -0.25) is 9.69 Å². The molecule has 0 bridgehead atoms. The second-order valence-corrected chi connectivity index (χ2v) is 6.90. The van der Waals surface area contributed by atoms with Crippen LogP contribution in [0, 0.1) is 11.6 Å². The highest BCUT2D eigenvalue weighted by molar-refractivity contribution is 5.79. The number of halogens is 2. The molecule has 6 heteroatoms. The molecular formula is C17H23F2N3O. The summed E-state index contributed by atoms with van der Waals surface area (Å²) in [5.74, 6) is -1.06. The van der Waals surface area contributed by atoms with Gasteiger partial charge in [0.25, 0.3) is 0 Å². The van der Waals surface area contributed by atoms with Gasteiger partial charge < -0.3 is 10.2 Å². The molecule has 3 rings (SSSR count). The van der Waals surface area contributed by atoms with E-state index in [0.717, 1.165) is 31.6 Å². The van der Waals surface area contributed by atoms with Gasteiger partial charge >= 0.3 is 0 Å². The van der Waals surface area contributed by atoms with E-state index in [-0.39, 0.29) is 11.5 Å². The zero-order valence-electron chi connectivity index (χ0n) is 13.6. The van der Waals surface area contributed by atoms with Gasteiger partial charge in [0.2, 0.25) is 5.91 Å². The van der Waals surface area contributed by atoms with Crippen molar-refractivity contribution in [2.45, 2.75) is 30.8 Å². The van der Waals surface area contributed by atoms with Crippen molar-refractivity contribution in [1.29, 1.82) is 0 Å². The van der Waals surface area contributed by atoms with Gasteiger partial charge in [-0.1, -0.05) is 0 Å². The molecule has 1 aliphatic carbocycles. The topological polar surface area (TPSA) is 35.6 Å². The molecule has 1 aliphatic heterocycles. The molecule has 0 aromatic heterocycles. The van der Waals surface area contributed by atoms with Crippen molar-refractivity contribution in [3.8, 4) is 0 Å². The largest absolute Gasteiger partial charge is 0.345 e. The van der Waals surface area contributed by atoms with Gasteiger partial charge in [-0.05, 0) is 51.6 Å². The molecule has 1 heterocycles. The van der Waals surface area contributed by atoms with Crippen molar-refractivity contribution in [2.24, 2.45) is 0 Å². The average Bonchev–Trinajstić information content (AvgIpc) is 3.09. The highest BCUT2D eigenvalue weighted by Gasteiger charge is 2.47. The van der Waals surface area contributed by atoms with Crippen LogP contribution >= 0.6 is 0 Å². The average molecular weight is 323 g/mol. The first kappa shape index (κ1) is 16.3. The van der Waals surface area contributed by atoms with Crippen LogP contribution in [-0.4, -0.2) is 55.5 Å². The molecule has 1 saturated heterocycles. The maximum Gasteiger partial charge on any atom is 0.234 e. The molecule has 1 saturated carbocycles.